The van der Waals surface area contributed by atoms with E-state index in [1.807, 2.05) is 4.98 Å². The minimum Gasteiger partial charge on any atom is -0.478 e. The fourth-order valence-electron chi connectivity index (χ4n) is 0.766. The second kappa shape index (κ2) is 3.10. The van der Waals surface area contributed by atoms with Crippen molar-refractivity contribution in [2.24, 2.45) is 0 Å². The van der Waals surface area contributed by atoms with E-state index in [1.54, 1.807) is 0 Å². The van der Waals surface area contributed by atoms with Crippen LogP contribution in [-0.2, 0) is 0 Å². The first-order chi connectivity index (χ1) is 6.02. The number of carboxylic acid groups (broad SMARTS) is 2. The molecule has 1 heterocycles. The van der Waals surface area contributed by atoms with Crippen LogP contribution >= 0.6 is 0 Å². The molecule has 0 radical (unpaired) electrons. The first-order valence-corrected chi connectivity index (χ1v) is 3.21. The van der Waals surface area contributed by atoms with Gasteiger partial charge < -0.3 is 15.2 Å². The zero-order valence-corrected chi connectivity index (χ0v) is 6.27. The van der Waals surface area contributed by atoms with Crippen LogP contribution in [0.2, 0.25) is 0 Å². The Bertz CT molecular complexity index is 419. The van der Waals surface area contributed by atoms with Crippen molar-refractivity contribution in [3.8, 4) is 0 Å². The lowest BCUT2D eigenvalue weighted by Gasteiger charge is -1.95. The molecular formula is C7H5NO5. The van der Waals surface area contributed by atoms with Crippen molar-refractivity contribution in [1.29, 1.82) is 0 Å². The normalized spacial score (nSPS) is 9.54. The highest BCUT2D eigenvalue weighted by atomic mass is 16.4. The number of hydrogen-bond donors (Lipinski definition) is 3. The second-order valence-corrected chi connectivity index (χ2v) is 2.24. The van der Waals surface area contributed by atoms with Gasteiger partial charge in [0.2, 0.25) is 0 Å². The summed E-state index contributed by atoms with van der Waals surface area (Å²) in [5.41, 5.74) is -1.67. The Hall–Kier alpha value is -2.11. The van der Waals surface area contributed by atoms with E-state index in [-0.39, 0.29) is 5.56 Å². The lowest BCUT2D eigenvalue weighted by atomic mass is 10.2. The van der Waals surface area contributed by atoms with Crippen LogP contribution in [0.1, 0.15) is 20.7 Å². The Morgan fingerprint density at radius 1 is 1.23 bits per heavy atom. The number of H-pyrrole nitrogens is 1. The third-order valence-electron chi connectivity index (χ3n) is 1.38. The molecule has 1 aromatic rings. The average molecular weight is 183 g/mol. The van der Waals surface area contributed by atoms with Gasteiger partial charge in [-0.05, 0) is 6.07 Å². The minimum absolute atomic E-state index is 0.267. The highest BCUT2D eigenvalue weighted by Gasteiger charge is 2.12. The molecule has 0 aliphatic heterocycles. The third kappa shape index (κ3) is 1.73. The Morgan fingerprint density at radius 2 is 1.85 bits per heavy atom. The minimum atomic E-state index is -1.45. The zero-order valence-electron chi connectivity index (χ0n) is 6.27. The number of carbonyl (C=O) groups is 2. The summed E-state index contributed by atoms with van der Waals surface area (Å²) in [5, 5.41) is 16.9. The van der Waals surface area contributed by atoms with E-state index < -0.39 is 23.1 Å². The summed E-state index contributed by atoms with van der Waals surface area (Å²) in [6.45, 7) is 0. The molecule has 6 nitrogen and oxygen atoms in total. The van der Waals surface area contributed by atoms with Crippen molar-refractivity contribution >= 4 is 11.9 Å². The predicted molar refractivity (Wildman–Crippen MR) is 41.0 cm³/mol. The van der Waals surface area contributed by atoms with Gasteiger partial charge in [-0.1, -0.05) is 0 Å². The van der Waals surface area contributed by atoms with Crippen LogP contribution in [0.5, 0.6) is 0 Å². The lowest BCUT2D eigenvalue weighted by Crippen LogP contribution is -2.18. The maximum absolute atomic E-state index is 10.8. The molecule has 1 rings (SSSR count). The van der Waals surface area contributed by atoms with E-state index in [9.17, 15) is 14.4 Å². The first kappa shape index (κ1) is 8.98. The molecule has 0 unspecified atom stereocenters. The number of aromatic amines is 1. The van der Waals surface area contributed by atoms with Crippen LogP contribution < -0.4 is 5.56 Å². The highest BCUT2D eigenvalue weighted by Crippen LogP contribution is 1.98. The standard InChI is InChI=1S/C7H5NO5/c9-5-4(7(12)13)1-3(2-8-5)6(10)11/h1-2H,(H,8,9)(H,10,11)(H,12,13). The predicted octanol–water partition coefficient (Wildman–Crippen LogP) is -0.229. The van der Waals surface area contributed by atoms with Gasteiger partial charge in [0, 0.05) is 6.20 Å². The summed E-state index contributed by atoms with van der Waals surface area (Å²) in [6.07, 6.45) is 0.942. The molecule has 0 aliphatic rings. The number of hydrogen-bond acceptors (Lipinski definition) is 3. The summed E-state index contributed by atoms with van der Waals surface area (Å²) in [4.78, 5) is 33.6. The Balaban J connectivity index is 3.35. The topological polar surface area (TPSA) is 107 Å². The van der Waals surface area contributed by atoms with Crippen molar-refractivity contribution in [3.63, 3.8) is 0 Å². The molecule has 0 saturated carbocycles. The SMILES string of the molecule is O=C(O)c1c[nH]c(=O)c(C(=O)O)c1. The van der Waals surface area contributed by atoms with Gasteiger partial charge in [0.15, 0.2) is 0 Å². The van der Waals surface area contributed by atoms with E-state index in [4.69, 9.17) is 10.2 Å². The largest absolute Gasteiger partial charge is 0.478 e. The number of pyridine rings is 1. The second-order valence-electron chi connectivity index (χ2n) is 2.24. The molecule has 3 N–H and O–H groups in total. The quantitative estimate of drug-likeness (QED) is 0.587. The highest BCUT2D eigenvalue weighted by molar-refractivity contribution is 5.92. The van der Waals surface area contributed by atoms with Crippen LogP contribution in [0.3, 0.4) is 0 Å². The van der Waals surface area contributed by atoms with Gasteiger partial charge in [0.05, 0.1) is 5.56 Å². The molecule has 0 amide bonds. The van der Waals surface area contributed by atoms with E-state index >= 15 is 0 Å². The van der Waals surface area contributed by atoms with Crippen LogP contribution in [-0.4, -0.2) is 27.1 Å². The van der Waals surface area contributed by atoms with Crippen molar-refractivity contribution in [1.82, 2.24) is 4.98 Å². The number of rotatable bonds is 2. The van der Waals surface area contributed by atoms with Gasteiger partial charge in [-0.25, -0.2) is 9.59 Å². The van der Waals surface area contributed by atoms with Gasteiger partial charge in [0.1, 0.15) is 5.56 Å². The van der Waals surface area contributed by atoms with Crippen molar-refractivity contribution in [2.45, 2.75) is 0 Å². The Labute approximate surface area is 71.5 Å². The molecule has 0 aliphatic carbocycles. The fraction of sp³-hybridized carbons (Fsp3) is 0. The molecular weight excluding hydrogens is 178 g/mol. The average Bonchev–Trinajstić information content (AvgIpc) is 2.04. The first-order valence-electron chi connectivity index (χ1n) is 3.21. The van der Waals surface area contributed by atoms with Crippen molar-refractivity contribution < 1.29 is 19.8 Å². The van der Waals surface area contributed by atoms with Crippen LogP contribution in [0.4, 0.5) is 0 Å². The van der Waals surface area contributed by atoms with Gasteiger partial charge in [-0.2, -0.15) is 0 Å². The number of carboxylic acids is 2. The van der Waals surface area contributed by atoms with Gasteiger partial charge in [0.25, 0.3) is 5.56 Å². The monoisotopic (exact) mass is 183 g/mol. The summed E-state index contributed by atoms with van der Waals surface area (Å²) >= 11 is 0. The van der Waals surface area contributed by atoms with Crippen LogP contribution in [0.15, 0.2) is 17.1 Å². The molecule has 0 saturated heterocycles. The van der Waals surface area contributed by atoms with Gasteiger partial charge in [-0.15, -0.1) is 0 Å². The molecule has 0 fully saturated rings. The number of aromatic nitrogens is 1. The Kier molecular flexibility index (Phi) is 2.14. The summed E-state index contributed by atoms with van der Waals surface area (Å²) in [5.74, 6) is -2.75. The van der Waals surface area contributed by atoms with Gasteiger partial charge >= 0.3 is 11.9 Å². The smallest absolute Gasteiger partial charge is 0.341 e. The van der Waals surface area contributed by atoms with Gasteiger partial charge in [-0.3, -0.25) is 4.79 Å². The molecule has 0 atom stereocenters. The van der Waals surface area contributed by atoms with Crippen molar-refractivity contribution in [3.05, 3.63) is 33.7 Å². The molecule has 68 valence electrons. The van der Waals surface area contributed by atoms with E-state index in [0.29, 0.717) is 0 Å². The lowest BCUT2D eigenvalue weighted by molar-refractivity contribution is 0.0695. The van der Waals surface area contributed by atoms with E-state index in [0.717, 1.165) is 12.3 Å². The maximum Gasteiger partial charge on any atom is 0.341 e. The van der Waals surface area contributed by atoms with Crippen LogP contribution in [0.25, 0.3) is 0 Å². The molecule has 13 heavy (non-hydrogen) atoms. The zero-order chi connectivity index (χ0) is 10.0. The number of nitrogens with one attached hydrogen (secondary N) is 1. The fourth-order valence-corrected chi connectivity index (χ4v) is 0.766. The summed E-state index contributed by atoms with van der Waals surface area (Å²) in [6, 6.07) is 0.809. The molecule has 6 heteroatoms. The van der Waals surface area contributed by atoms with E-state index in [2.05, 4.69) is 0 Å². The third-order valence-corrected chi connectivity index (χ3v) is 1.38. The molecule has 0 aromatic carbocycles. The summed E-state index contributed by atoms with van der Waals surface area (Å²) in [7, 11) is 0. The van der Waals surface area contributed by atoms with E-state index in [1.165, 1.54) is 0 Å². The summed E-state index contributed by atoms with van der Waals surface area (Å²) < 4.78 is 0. The molecule has 1 aromatic heterocycles. The maximum atomic E-state index is 10.8. The Morgan fingerprint density at radius 3 is 2.31 bits per heavy atom. The molecule has 0 spiro atoms. The van der Waals surface area contributed by atoms with Crippen molar-refractivity contribution in [2.75, 3.05) is 0 Å². The molecule has 0 bridgehead atoms. The number of aromatic carboxylic acids is 2. The van der Waals surface area contributed by atoms with Crippen LogP contribution in [0, 0.1) is 0 Å².